The topological polar surface area (TPSA) is 17.1 Å². The highest BCUT2D eigenvalue weighted by molar-refractivity contribution is 5.81. The number of ketones is 1. The first-order valence-corrected chi connectivity index (χ1v) is 10.6. The van der Waals surface area contributed by atoms with Crippen LogP contribution in [-0.4, -0.2) is 5.78 Å². The molecule has 1 aromatic carbocycles. The average molecular weight is 339 g/mol. The largest absolute Gasteiger partial charge is 0.299 e. The van der Waals surface area contributed by atoms with E-state index in [9.17, 15) is 4.79 Å². The molecule has 0 aliphatic heterocycles. The van der Waals surface area contributed by atoms with Crippen LogP contribution in [0.1, 0.15) is 82.6 Å². The molecule has 0 aromatic heterocycles. The molecule has 0 amide bonds. The molecule has 0 N–H and O–H groups in total. The number of carbonyl (C=O) groups is 1. The van der Waals surface area contributed by atoms with Gasteiger partial charge in [0.25, 0.3) is 0 Å². The van der Waals surface area contributed by atoms with Gasteiger partial charge in [-0.1, -0.05) is 81.0 Å². The van der Waals surface area contributed by atoms with Gasteiger partial charge < -0.3 is 0 Å². The zero-order chi connectivity index (χ0) is 17.3. The lowest BCUT2D eigenvalue weighted by molar-refractivity contribution is -0.123. The fraction of sp³-hybridized carbons (Fsp3) is 0.625. The standard InChI is InChI=1S/C24H34O/c25-24(18-7-2-1-4-11-20-12-5-3-6-13-20)23-17-10-16-21-14-8-9-15-22(21)19-23/h3-6,11-13,21-23H,1-2,7-10,14-19H2/b11-4+. The molecule has 0 bridgehead atoms. The predicted molar refractivity (Wildman–Crippen MR) is 106 cm³/mol. The number of unbranched alkanes of at least 4 members (excludes halogenated alkanes) is 2. The molecule has 1 aromatic rings. The monoisotopic (exact) mass is 338 g/mol. The lowest BCUT2D eigenvalue weighted by Crippen LogP contribution is -2.22. The summed E-state index contributed by atoms with van der Waals surface area (Å²) in [5, 5.41) is 0. The van der Waals surface area contributed by atoms with Crippen LogP contribution in [0.3, 0.4) is 0 Å². The van der Waals surface area contributed by atoms with Gasteiger partial charge in [-0.15, -0.1) is 0 Å². The summed E-state index contributed by atoms with van der Waals surface area (Å²) in [5.74, 6) is 2.75. The highest BCUT2D eigenvalue weighted by Gasteiger charge is 2.32. The summed E-state index contributed by atoms with van der Waals surface area (Å²) >= 11 is 0. The summed E-state index contributed by atoms with van der Waals surface area (Å²) in [7, 11) is 0. The first kappa shape index (κ1) is 18.4. The van der Waals surface area contributed by atoms with Crippen LogP contribution in [0.15, 0.2) is 36.4 Å². The molecule has 2 fully saturated rings. The van der Waals surface area contributed by atoms with Crippen molar-refractivity contribution in [1.29, 1.82) is 0 Å². The molecule has 136 valence electrons. The van der Waals surface area contributed by atoms with Crippen LogP contribution in [0.25, 0.3) is 6.08 Å². The van der Waals surface area contributed by atoms with E-state index >= 15 is 0 Å². The molecule has 25 heavy (non-hydrogen) atoms. The summed E-state index contributed by atoms with van der Waals surface area (Å²) < 4.78 is 0. The quantitative estimate of drug-likeness (QED) is 0.498. The Morgan fingerprint density at radius 1 is 0.920 bits per heavy atom. The summed E-state index contributed by atoms with van der Waals surface area (Å²) in [6.07, 6.45) is 19.2. The van der Waals surface area contributed by atoms with E-state index in [1.807, 2.05) is 6.07 Å². The Balaban J connectivity index is 1.35. The number of rotatable bonds is 7. The summed E-state index contributed by atoms with van der Waals surface area (Å²) in [4.78, 5) is 12.7. The number of carbonyl (C=O) groups excluding carboxylic acids is 1. The van der Waals surface area contributed by atoms with Gasteiger partial charge >= 0.3 is 0 Å². The van der Waals surface area contributed by atoms with E-state index in [1.54, 1.807) is 0 Å². The fourth-order valence-corrected chi connectivity index (χ4v) is 4.93. The summed E-state index contributed by atoms with van der Waals surface area (Å²) in [6, 6.07) is 10.4. The van der Waals surface area contributed by atoms with Crippen molar-refractivity contribution in [2.24, 2.45) is 17.8 Å². The van der Waals surface area contributed by atoms with Gasteiger partial charge in [-0.05, 0) is 49.5 Å². The van der Waals surface area contributed by atoms with Gasteiger partial charge in [0.15, 0.2) is 0 Å². The van der Waals surface area contributed by atoms with Crippen molar-refractivity contribution in [3.05, 3.63) is 42.0 Å². The number of allylic oxidation sites excluding steroid dienone is 1. The van der Waals surface area contributed by atoms with Gasteiger partial charge in [0.05, 0.1) is 0 Å². The third kappa shape index (κ3) is 5.83. The molecule has 0 heterocycles. The molecule has 2 aliphatic carbocycles. The molecule has 3 rings (SSSR count). The van der Waals surface area contributed by atoms with E-state index in [4.69, 9.17) is 0 Å². The smallest absolute Gasteiger partial charge is 0.135 e. The minimum Gasteiger partial charge on any atom is -0.299 e. The van der Waals surface area contributed by atoms with Crippen molar-refractivity contribution in [3.63, 3.8) is 0 Å². The molecular weight excluding hydrogens is 304 g/mol. The Hall–Kier alpha value is -1.37. The lowest BCUT2D eigenvalue weighted by Gasteiger charge is -2.30. The number of fused-ring (bicyclic) bond motifs is 1. The first-order chi connectivity index (χ1) is 12.3. The molecule has 0 spiro atoms. The van der Waals surface area contributed by atoms with Crippen LogP contribution < -0.4 is 0 Å². The van der Waals surface area contributed by atoms with Gasteiger partial charge in [-0.2, -0.15) is 0 Å². The van der Waals surface area contributed by atoms with Gasteiger partial charge in [0.1, 0.15) is 5.78 Å². The van der Waals surface area contributed by atoms with E-state index in [-0.39, 0.29) is 0 Å². The van der Waals surface area contributed by atoms with Crippen molar-refractivity contribution in [1.82, 2.24) is 0 Å². The maximum absolute atomic E-state index is 12.7. The Labute approximate surface area is 153 Å². The van der Waals surface area contributed by atoms with E-state index in [2.05, 4.69) is 36.4 Å². The molecule has 3 unspecified atom stereocenters. The molecule has 2 saturated carbocycles. The third-order valence-electron chi connectivity index (χ3n) is 6.39. The summed E-state index contributed by atoms with van der Waals surface area (Å²) in [5.41, 5.74) is 1.26. The van der Waals surface area contributed by atoms with Crippen LogP contribution in [0.5, 0.6) is 0 Å². The van der Waals surface area contributed by atoms with Crippen LogP contribution in [-0.2, 0) is 4.79 Å². The first-order valence-electron chi connectivity index (χ1n) is 10.6. The van der Waals surface area contributed by atoms with Crippen molar-refractivity contribution in [2.45, 2.75) is 77.0 Å². The lowest BCUT2D eigenvalue weighted by atomic mass is 9.75. The number of hydrogen-bond acceptors (Lipinski definition) is 1. The van der Waals surface area contributed by atoms with Crippen LogP contribution in [0, 0.1) is 17.8 Å². The van der Waals surface area contributed by atoms with Gasteiger partial charge in [-0.25, -0.2) is 0 Å². The molecule has 0 radical (unpaired) electrons. The zero-order valence-electron chi connectivity index (χ0n) is 15.7. The molecule has 1 heteroatoms. The minimum atomic E-state index is 0.382. The highest BCUT2D eigenvalue weighted by atomic mass is 16.1. The van der Waals surface area contributed by atoms with E-state index in [0.29, 0.717) is 11.7 Å². The summed E-state index contributed by atoms with van der Waals surface area (Å²) in [6.45, 7) is 0. The second-order valence-electron chi connectivity index (χ2n) is 8.19. The molecular formula is C24H34O. The van der Waals surface area contributed by atoms with E-state index < -0.39 is 0 Å². The number of Topliss-reactive ketones (excluding diaryl/α,β-unsaturated/α-hetero) is 1. The minimum absolute atomic E-state index is 0.382. The van der Waals surface area contributed by atoms with Gasteiger partial charge in [0.2, 0.25) is 0 Å². The molecule has 3 atom stereocenters. The average Bonchev–Trinajstić information content (AvgIpc) is 2.87. The zero-order valence-corrected chi connectivity index (χ0v) is 15.7. The maximum atomic E-state index is 12.7. The fourth-order valence-electron chi connectivity index (χ4n) is 4.93. The molecule has 2 aliphatic rings. The Morgan fingerprint density at radius 3 is 2.52 bits per heavy atom. The Morgan fingerprint density at radius 2 is 1.68 bits per heavy atom. The van der Waals surface area contributed by atoms with Crippen molar-refractivity contribution in [2.75, 3.05) is 0 Å². The Bertz CT molecular complexity index is 544. The van der Waals surface area contributed by atoms with Crippen LogP contribution in [0.4, 0.5) is 0 Å². The van der Waals surface area contributed by atoms with E-state index in [0.717, 1.165) is 37.5 Å². The number of hydrogen-bond donors (Lipinski definition) is 0. The van der Waals surface area contributed by atoms with Crippen molar-refractivity contribution < 1.29 is 4.79 Å². The molecule has 0 saturated heterocycles. The Kier molecular flexibility index (Phi) is 7.33. The molecule has 1 nitrogen and oxygen atoms in total. The van der Waals surface area contributed by atoms with Crippen molar-refractivity contribution in [3.8, 4) is 0 Å². The highest BCUT2D eigenvalue weighted by Crippen LogP contribution is 2.41. The second kappa shape index (κ2) is 9.94. The number of benzene rings is 1. The SMILES string of the molecule is O=C(CCCC/C=C/c1ccccc1)C1CCCC2CCCCC2C1. The maximum Gasteiger partial charge on any atom is 0.135 e. The van der Waals surface area contributed by atoms with Crippen LogP contribution in [0.2, 0.25) is 0 Å². The predicted octanol–water partition coefficient (Wildman–Crippen LogP) is 6.83. The van der Waals surface area contributed by atoms with Gasteiger partial charge in [0, 0.05) is 12.3 Å². The van der Waals surface area contributed by atoms with E-state index in [1.165, 1.54) is 56.9 Å². The second-order valence-corrected chi connectivity index (χ2v) is 8.19. The van der Waals surface area contributed by atoms with Gasteiger partial charge in [-0.3, -0.25) is 4.79 Å². The third-order valence-corrected chi connectivity index (χ3v) is 6.39. The van der Waals surface area contributed by atoms with Crippen LogP contribution >= 0.6 is 0 Å². The van der Waals surface area contributed by atoms with Crippen molar-refractivity contribution >= 4 is 11.9 Å². The normalized spacial score (nSPS) is 27.0.